The van der Waals surface area contributed by atoms with Gasteiger partial charge in [0.2, 0.25) is 0 Å². The zero-order valence-electron chi connectivity index (χ0n) is 18.2. The summed E-state index contributed by atoms with van der Waals surface area (Å²) < 4.78 is 28.5. The average molecular weight is 454 g/mol. The molecule has 3 aromatic rings. The summed E-state index contributed by atoms with van der Waals surface area (Å²) in [4.78, 5) is 12.8. The van der Waals surface area contributed by atoms with Crippen LogP contribution in [0.1, 0.15) is 48.9 Å². The van der Waals surface area contributed by atoms with Crippen LogP contribution in [-0.4, -0.2) is 27.4 Å². The van der Waals surface area contributed by atoms with Gasteiger partial charge in [0.05, 0.1) is 16.1 Å². The third kappa shape index (κ3) is 6.55. The molecular formula is C25H31N3O3S. The zero-order valence-corrected chi connectivity index (χ0v) is 19.0. The third-order valence-corrected chi connectivity index (χ3v) is 6.73. The lowest BCUT2D eigenvalue weighted by Crippen LogP contribution is -2.26. The Morgan fingerprint density at radius 1 is 0.781 bits per heavy atom. The van der Waals surface area contributed by atoms with Crippen molar-refractivity contribution in [2.24, 2.45) is 5.73 Å². The molecule has 3 aromatic carbocycles. The fraction of sp³-hybridized carbons (Fsp3) is 0.320. The summed E-state index contributed by atoms with van der Waals surface area (Å²) in [6, 6.07) is 19.2. The molecule has 0 bridgehead atoms. The maximum atomic E-state index is 13.0. The van der Waals surface area contributed by atoms with E-state index in [1.807, 2.05) is 24.3 Å². The second kappa shape index (κ2) is 11.6. The number of anilines is 1. The topological polar surface area (TPSA) is 101 Å². The predicted octanol–water partition coefficient (Wildman–Crippen LogP) is 4.67. The minimum atomic E-state index is -3.84. The van der Waals surface area contributed by atoms with Gasteiger partial charge >= 0.3 is 0 Å². The molecule has 0 saturated carbocycles. The highest BCUT2D eigenvalue weighted by Crippen LogP contribution is 2.23. The largest absolute Gasteiger partial charge is 0.352 e. The predicted molar refractivity (Wildman–Crippen MR) is 130 cm³/mol. The fourth-order valence-electron chi connectivity index (χ4n) is 3.58. The molecule has 32 heavy (non-hydrogen) atoms. The van der Waals surface area contributed by atoms with Crippen LogP contribution in [0.4, 0.5) is 5.69 Å². The van der Waals surface area contributed by atoms with Gasteiger partial charge in [-0.25, -0.2) is 8.42 Å². The number of para-hydroxylation sites is 1. The first-order valence-electron chi connectivity index (χ1n) is 11.1. The summed E-state index contributed by atoms with van der Waals surface area (Å²) in [5, 5.41) is 4.70. The second-order valence-electron chi connectivity index (χ2n) is 7.83. The number of unbranched alkanes of at least 4 members (excludes halogenated alkanes) is 5. The van der Waals surface area contributed by atoms with Crippen molar-refractivity contribution >= 4 is 32.4 Å². The molecule has 0 radical (unpaired) electrons. The molecule has 0 heterocycles. The van der Waals surface area contributed by atoms with Crippen LogP contribution in [0.25, 0.3) is 10.8 Å². The molecule has 0 aliphatic heterocycles. The summed E-state index contributed by atoms with van der Waals surface area (Å²) in [5.74, 6) is -0.287. The van der Waals surface area contributed by atoms with Gasteiger partial charge < -0.3 is 11.1 Å². The maximum Gasteiger partial charge on any atom is 0.261 e. The van der Waals surface area contributed by atoms with Crippen molar-refractivity contribution < 1.29 is 13.2 Å². The molecule has 0 atom stereocenters. The monoisotopic (exact) mass is 453 g/mol. The number of fused-ring (bicyclic) bond motifs is 1. The smallest absolute Gasteiger partial charge is 0.261 e. The van der Waals surface area contributed by atoms with E-state index in [1.54, 1.807) is 42.5 Å². The van der Waals surface area contributed by atoms with E-state index < -0.39 is 10.0 Å². The number of nitrogens with one attached hydrogen (secondary N) is 2. The average Bonchev–Trinajstić information content (AvgIpc) is 2.80. The molecule has 4 N–H and O–H groups in total. The van der Waals surface area contributed by atoms with Crippen molar-refractivity contribution in [3.8, 4) is 0 Å². The highest BCUT2D eigenvalue weighted by molar-refractivity contribution is 7.92. The van der Waals surface area contributed by atoms with E-state index in [2.05, 4.69) is 10.0 Å². The molecule has 1 amide bonds. The molecule has 0 aliphatic rings. The quantitative estimate of drug-likeness (QED) is 0.347. The van der Waals surface area contributed by atoms with Crippen LogP contribution in [0.3, 0.4) is 0 Å². The molecule has 7 heteroatoms. The number of benzene rings is 3. The lowest BCUT2D eigenvalue weighted by molar-refractivity contribution is 0.0954. The Hall–Kier alpha value is -2.90. The number of sulfonamides is 1. The Morgan fingerprint density at radius 2 is 1.44 bits per heavy atom. The summed E-state index contributed by atoms with van der Waals surface area (Å²) in [6.07, 6.45) is 6.42. The van der Waals surface area contributed by atoms with E-state index in [0.29, 0.717) is 12.1 Å². The number of amides is 1. The van der Waals surface area contributed by atoms with Crippen LogP contribution >= 0.6 is 0 Å². The fourth-order valence-corrected chi connectivity index (χ4v) is 4.70. The summed E-state index contributed by atoms with van der Waals surface area (Å²) in [6.45, 7) is 1.29. The minimum Gasteiger partial charge on any atom is -0.352 e. The Labute approximate surface area is 190 Å². The molecule has 0 unspecified atom stereocenters. The minimum absolute atomic E-state index is 0.154. The molecule has 6 nitrogen and oxygen atoms in total. The number of carbonyl (C=O) groups is 1. The highest BCUT2D eigenvalue weighted by atomic mass is 32.2. The number of hydrogen-bond acceptors (Lipinski definition) is 4. The number of rotatable bonds is 12. The van der Waals surface area contributed by atoms with Crippen molar-refractivity contribution in [1.82, 2.24) is 5.32 Å². The lowest BCUT2D eigenvalue weighted by atomic mass is 10.1. The van der Waals surface area contributed by atoms with Crippen LogP contribution in [0.2, 0.25) is 0 Å². The van der Waals surface area contributed by atoms with Crippen LogP contribution in [0, 0.1) is 0 Å². The Balaban J connectivity index is 1.62. The second-order valence-corrected chi connectivity index (χ2v) is 9.51. The summed E-state index contributed by atoms with van der Waals surface area (Å²) in [7, 11) is -3.84. The standard InChI is InChI=1S/C25H31N3O3S/c26-17-9-3-1-2-4-10-18-27-25(29)23-13-7-8-14-24(23)28-32(30,31)22-16-15-20-11-5-6-12-21(20)19-22/h5-8,11-16,19,28H,1-4,9-10,17-18,26H2,(H,27,29). The molecule has 0 aromatic heterocycles. The van der Waals surface area contributed by atoms with Crippen molar-refractivity contribution in [2.75, 3.05) is 17.8 Å². The van der Waals surface area contributed by atoms with E-state index in [9.17, 15) is 13.2 Å². The summed E-state index contributed by atoms with van der Waals surface area (Å²) in [5.41, 5.74) is 6.06. The van der Waals surface area contributed by atoms with Gasteiger partial charge in [0.25, 0.3) is 15.9 Å². The number of nitrogens with two attached hydrogens (primary N) is 1. The van der Waals surface area contributed by atoms with Gasteiger partial charge in [0, 0.05) is 6.54 Å². The van der Waals surface area contributed by atoms with Gasteiger partial charge in [0.1, 0.15) is 0 Å². The van der Waals surface area contributed by atoms with Crippen LogP contribution in [0.5, 0.6) is 0 Å². The van der Waals surface area contributed by atoms with E-state index in [-0.39, 0.29) is 16.5 Å². The van der Waals surface area contributed by atoms with Crippen LogP contribution in [0.15, 0.2) is 71.6 Å². The Bertz CT molecular complexity index is 1150. The lowest BCUT2D eigenvalue weighted by Gasteiger charge is -2.13. The first kappa shape index (κ1) is 23.8. The molecule has 0 aliphatic carbocycles. The van der Waals surface area contributed by atoms with Crippen LogP contribution in [-0.2, 0) is 10.0 Å². The van der Waals surface area contributed by atoms with E-state index >= 15 is 0 Å². The molecule has 0 saturated heterocycles. The number of carbonyl (C=O) groups excluding carboxylic acids is 1. The van der Waals surface area contributed by atoms with Gasteiger partial charge in [-0.3, -0.25) is 9.52 Å². The maximum absolute atomic E-state index is 13.0. The zero-order chi connectivity index (χ0) is 22.8. The van der Waals surface area contributed by atoms with Gasteiger partial charge in [-0.2, -0.15) is 0 Å². The van der Waals surface area contributed by atoms with E-state index in [0.717, 1.165) is 55.8 Å². The van der Waals surface area contributed by atoms with Crippen LogP contribution < -0.4 is 15.8 Å². The van der Waals surface area contributed by atoms with Gasteiger partial charge in [-0.1, -0.05) is 68.1 Å². The molecule has 0 fully saturated rings. The molecule has 0 spiro atoms. The van der Waals surface area contributed by atoms with E-state index in [1.165, 1.54) is 0 Å². The van der Waals surface area contributed by atoms with Gasteiger partial charge in [0.15, 0.2) is 0 Å². The molecule has 3 rings (SSSR count). The Kier molecular flexibility index (Phi) is 8.64. The normalized spacial score (nSPS) is 11.4. The van der Waals surface area contributed by atoms with Crippen molar-refractivity contribution in [3.05, 3.63) is 72.3 Å². The molecule has 170 valence electrons. The Morgan fingerprint density at radius 3 is 2.22 bits per heavy atom. The van der Waals surface area contributed by atoms with Crippen molar-refractivity contribution in [2.45, 2.75) is 43.4 Å². The van der Waals surface area contributed by atoms with Crippen molar-refractivity contribution in [3.63, 3.8) is 0 Å². The van der Waals surface area contributed by atoms with Gasteiger partial charge in [-0.05, 0) is 54.4 Å². The van der Waals surface area contributed by atoms with Crippen molar-refractivity contribution in [1.29, 1.82) is 0 Å². The summed E-state index contributed by atoms with van der Waals surface area (Å²) >= 11 is 0. The SMILES string of the molecule is NCCCCCCCCNC(=O)c1ccccc1NS(=O)(=O)c1ccc2ccccc2c1. The number of hydrogen-bond donors (Lipinski definition) is 3. The third-order valence-electron chi connectivity index (χ3n) is 5.36. The highest BCUT2D eigenvalue weighted by Gasteiger charge is 2.18. The first-order valence-corrected chi connectivity index (χ1v) is 12.6. The first-order chi connectivity index (χ1) is 15.5. The van der Waals surface area contributed by atoms with Gasteiger partial charge in [-0.15, -0.1) is 0 Å². The molecular weight excluding hydrogens is 422 g/mol. The van der Waals surface area contributed by atoms with E-state index in [4.69, 9.17) is 5.73 Å².